The summed E-state index contributed by atoms with van der Waals surface area (Å²) in [6, 6.07) is 0. The van der Waals surface area contributed by atoms with Crippen molar-refractivity contribution in [3.05, 3.63) is 36.5 Å². The molecule has 0 aliphatic carbocycles. The summed E-state index contributed by atoms with van der Waals surface area (Å²) < 4.78 is 15.8. The Morgan fingerprint density at radius 3 is 1.87 bits per heavy atom. The van der Waals surface area contributed by atoms with Gasteiger partial charge in [0.25, 0.3) is 0 Å². The van der Waals surface area contributed by atoms with Crippen LogP contribution in [0, 0.1) is 0 Å². The van der Waals surface area contributed by atoms with Crippen LogP contribution in [0.15, 0.2) is 36.5 Å². The lowest BCUT2D eigenvalue weighted by atomic mass is 10.2. The van der Waals surface area contributed by atoms with E-state index in [2.05, 4.69) is 47.9 Å². The van der Waals surface area contributed by atoms with E-state index in [-0.39, 0.29) is 6.16 Å². The van der Waals surface area contributed by atoms with Crippen LogP contribution >= 0.6 is 7.60 Å². The molecule has 0 saturated heterocycles. The van der Waals surface area contributed by atoms with Gasteiger partial charge < -0.3 is 9.42 Å². The third-order valence-corrected chi connectivity index (χ3v) is 5.07. The van der Waals surface area contributed by atoms with Gasteiger partial charge in [-0.05, 0) is 44.9 Å². The Morgan fingerprint density at radius 2 is 1.35 bits per heavy atom. The molecule has 0 amide bonds. The lowest BCUT2D eigenvalue weighted by Gasteiger charge is -2.07. The van der Waals surface area contributed by atoms with E-state index in [0.717, 1.165) is 38.5 Å². The van der Waals surface area contributed by atoms with Crippen molar-refractivity contribution in [2.45, 2.75) is 71.1 Å². The zero-order valence-electron chi connectivity index (χ0n) is 15.0. The topological polar surface area (TPSA) is 46.5 Å². The summed E-state index contributed by atoms with van der Waals surface area (Å²) in [5, 5.41) is 0. The van der Waals surface area contributed by atoms with Crippen molar-refractivity contribution in [1.29, 1.82) is 0 Å². The predicted octanol–water partition coefficient (Wildman–Crippen LogP) is 6.41. The molecule has 0 heterocycles. The van der Waals surface area contributed by atoms with E-state index in [4.69, 9.17) is 0 Å². The SMILES string of the molecule is CCCCC/C=C/C/C=C\C/C=C\CCCCCP(=O)(O)OC. The summed E-state index contributed by atoms with van der Waals surface area (Å²) in [6.45, 7) is 2.23. The number of hydrogen-bond acceptors (Lipinski definition) is 2. The lowest BCUT2D eigenvalue weighted by molar-refractivity contribution is 0.314. The number of allylic oxidation sites excluding steroid dienone is 6. The van der Waals surface area contributed by atoms with Crippen molar-refractivity contribution < 1.29 is 14.0 Å². The van der Waals surface area contributed by atoms with Crippen LogP contribution in [-0.4, -0.2) is 18.2 Å². The number of rotatable bonds is 15. The van der Waals surface area contributed by atoms with Gasteiger partial charge in [-0.2, -0.15) is 0 Å². The minimum atomic E-state index is -3.29. The first-order chi connectivity index (χ1) is 11.1. The Bertz CT molecular complexity index is 386. The molecule has 1 atom stereocenters. The highest BCUT2D eigenvalue weighted by Crippen LogP contribution is 2.41. The normalized spacial score (nSPS) is 15.1. The Hall–Kier alpha value is -0.630. The first-order valence-corrected chi connectivity index (χ1v) is 10.7. The van der Waals surface area contributed by atoms with Gasteiger partial charge in [0.2, 0.25) is 0 Å². The molecule has 1 unspecified atom stereocenters. The number of unbranched alkanes of at least 4 members (excludes halogenated alkanes) is 6. The van der Waals surface area contributed by atoms with Crippen molar-refractivity contribution in [1.82, 2.24) is 0 Å². The molecule has 23 heavy (non-hydrogen) atoms. The van der Waals surface area contributed by atoms with Crippen LogP contribution in [-0.2, 0) is 9.09 Å². The minimum absolute atomic E-state index is 0.266. The molecular formula is C19H35O3P. The summed E-state index contributed by atoms with van der Waals surface area (Å²) >= 11 is 0. The van der Waals surface area contributed by atoms with E-state index in [9.17, 15) is 9.46 Å². The standard InChI is InChI=1S/C19H35O3P/c1-3-4-5-6-7-8-9-10-11-12-13-14-15-16-17-18-19-23(20,21)22-2/h7-8,10-11,13-14H,3-6,9,12,15-19H2,1-2H3,(H,20,21)/b8-7+,11-10-,14-13-. The molecule has 0 aromatic carbocycles. The zero-order valence-corrected chi connectivity index (χ0v) is 15.8. The van der Waals surface area contributed by atoms with E-state index in [1.165, 1.54) is 32.8 Å². The highest BCUT2D eigenvalue weighted by atomic mass is 31.2. The smallest absolute Gasteiger partial charge is 0.324 e. The Labute approximate surface area is 143 Å². The first kappa shape index (κ1) is 22.4. The molecule has 0 aliphatic heterocycles. The third kappa shape index (κ3) is 17.6. The van der Waals surface area contributed by atoms with Crippen molar-refractivity contribution in [3.63, 3.8) is 0 Å². The lowest BCUT2D eigenvalue weighted by Crippen LogP contribution is -1.91. The predicted molar refractivity (Wildman–Crippen MR) is 101 cm³/mol. The Morgan fingerprint density at radius 1 is 0.826 bits per heavy atom. The molecule has 134 valence electrons. The fraction of sp³-hybridized carbons (Fsp3) is 0.684. The van der Waals surface area contributed by atoms with Crippen LogP contribution in [0.3, 0.4) is 0 Å². The third-order valence-electron chi connectivity index (χ3n) is 3.62. The van der Waals surface area contributed by atoms with Crippen LogP contribution in [0.1, 0.15) is 71.1 Å². The van der Waals surface area contributed by atoms with Gasteiger partial charge >= 0.3 is 7.60 Å². The van der Waals surface area contributed by atoms with Gasteiger partial charge in [0.05, 0.1) is 0 Å². The van der Waals surface area contributed by atoms with Gasteiger partial charge in [0.15, 0.2) is 0 Å². The summed E-state index contributed by atoms with van der Waals surface area (Å²) in [4.78, 5) is 9.25. The van der Waals surface area contributed by atoms with E-state index in [0.29, 0.717) is 0 Å². The van der Waals surface area contributed by atoms with Gasteiger partial charge in [0.1, 0.15) is 0 Å². The average Bonchev–Trinajstić information content (AvgIpc) is 2.54. The fourth-order valence-electron chi connectivity index (χ4n) is 2.13. The van der Waals surface area contributed by atoms with Crippen LogP contribution in [0.25, 0.3) is 0 Å². The largest absolute Gasteiger partial charge is 0.327 e. The maximum Gasteiger partial charge on any atom is 0.327 e. The monoisotopic (exact) mass is 342 g/mol. The van der Waals surface area contributed by atoms with Gasteiger partial charge in [-0.25, -0.2) is 0 Å². The van der Waals surface area contributed by atoms with Gasteiger partial charge in [-0.15, -0.1) is 0 Å². The average molecular weight is 342 g/mol. The summed E-state index contributed by atoms with van der Waals surface area (Å²) in [5.74, 6) is 0. The van der Waals surface area contributed by atoms with Crippen LogP contribution in [0.5, 0.6) is 0 Å². The van der Waals surface area contributed by atoms with E-state index < -0.39 is 7.60 Å². The molecule has 0 aliphatic rings. The Kier molecular flexibility index (Phi) is 15.8. The molecule has 0 bridgehead atoms. The van der Waals surface area contributed by atoms with Crippen LogP contribution < -0.4 is 0 Å². The zero-order chi connectivity index (χ0) is 17.2. The van der Waals surface area contributed by atoms with Crippen LogP contribution in [0.4, 0.5) is 0 Å². The molecule has 4 heteroatoms. The molecule has 0 spiro atoms. The van der Waals surface area contributed by atoms with Crippen molar-refractivity contribution in [2.24, 2.45) is 0 Å². The highest BCUT2D eigenvalue weighted by molar-refractivity contribution is 7.52. The van der Waals surface area contributed by atoms with Crippen LogP contribution in [0.2, 0.25) is 0 Å². The van der Waals surface area contributed by atoms with Gasteiger partial charge in [-0.1, -0.05) is 62.6 Å². The van der Waals surface area contributed by atoms with Crippen molar-refractivity contribution in [2.75, 3.05) is 13.3 Å². The van der Waals surface area contributed by atoms with E-state index in [1.54, 1.807) is 0 Å². The van der Waals surface area contributed by atoms with Gasteiger partial charge in [0, 0.05) is 13.3 Å². The second kappa shape index (κ2) is 16.2. The Balaban J connectivity index is 3.40. The summed E-state index contributed by atoms with van der Waals surface area (Å²) in [5.41, 5.74) is 0. The molecule has 1 N–H and O–H groups in total. The first-order valence-electron chi connectivity index (χ1n) is 8.95. The van der Waals surface area contributed by atoms with Crippen molar-refractivity contribution in [3.8, 4) is 0 Å². The van der Waals surface area contributed by atoms with E-state index in [1.807, 2.05) is 0 Å². The van der Waals surface area contributed by atoms with E-state index >= 15 is 0 Å². The quantitative estimate of drug-likeness (QED) is 0.212. The van der Waals surface area contributed by atoms with Crippen molar-refractivity contribution >= 4 is 7.60 Å². The second-order valence-electron chi connectivity index (χ2n) is 5.77. The maximum atomic E-state index is 11.2. The second-order valence-corrected chi connectivity index (χ2v) is 7.86. The molecule has 0 radical (unpaired) electrons. The molecule has 3 nitrogen and oxygen atoms in total. The number of hydrogen-bond donors (Lipinski definition) is 1. The fourth-order valence-corrected chi connectivity index (χ4v) is 2.94. The molecule has 0 aromatic rings. The summed E-state index contributed by atoms with van der Waals surface area (Å²) in [6.07, 6.45) is 24.5. The molecule has 0 fully saturated rings. The maximum absolute atomic E-state index is 11.2. The summed E-state index contributed by atoms with van der Waals surface area (Å²) in [7, 11) is -2.00. The molecule has 0 rings (SSSR count). The highest BCUT2D eigenvalue weighted by Gasteiger charge is 2.15. The molecular weight excluding hydrogens is 307 g/mol. The molecule has 0 aromatic heterocycles. The minimum Gasteiger partial charge on any atom is -0.324 e. The molecule has 0 saturated carbocycles. The van der Waals surface area contributed by atoms with Gasteiger partial charge in [-0.3, -0.25) is 4.57 Å².